The second kappa shape index (κ2) is 9.55. The van der Waals surface area contributed by atoms with Gasteiger partial charge >= 0.3 is 11.9 Å². The molecule has 0 bridgehead atoms. The molecule has 0 aromatic heterocycles. The first-order valence-electron chi connectivity index (χ1n) is 8.57. The number of rotatable bonds is 8. The van der Waals surface area contributed by atoms with E-state index in [0.29, 0.717) is 0 Å². The summed E-state index contributed by atoms with van der Waals surface area (Å²) in [4.78, 5) is 41.6. The summed E-state index contributed by atoms with van der Waals surface area (Å²) in [6.45, 7) is 3.70. The van der Waals surface area contributed by atoms with Gasteiger partial charge in [0.2, 0.25) is 5.96 Å². The number of benzene rings is 1. The molecule has 1 amide bonds. The van der Waals surface area contributed by atoms with Crippen LogP contribution in [0.1, 0.15) is 26.7 Å². The van der Waals surface area contributed by atoms with Crippen molar-refractivity contribution in [2.24, 2.45) is 4.99 Å². The van der Waals surface area contributed by atoms with Gasteiger partial charge in [0.05, 0.1) is 13.2 Å². The van der Waals surface area contributed by atoms with Gasteiger partial charge in [0.25, 0.3) is 5.91 Å². The molecule has 1 atom stereocenters. The van der Waals surface area contributed by atoms with Gasteiger partial charge in [-0.05, 0) is 32.4 Å². The molecule has 2 rings (SSSR count). The lowest BCUT2D eigenvalue weighted by atomic mass is 10.1. The molecular formula is C18H23N3O5. The molecule has 1 heterocycles. The smallest absolute Gasteiger partial charge is 0.326 e. The summed E-state index contributed by atoms with van der Waals surface area (Å²) in [5.74, 6) is -0.977. The number of ether oxygens (including phenoxy) is 2. The van der Waals surface area contributed by atoms with Gasteiger partial charge in [-0.3, -0.25) is 19.3 Å². The Morgan fingerprint density at radius 3 is 2.42 bits per heavy atom. The lowest BCUT2D eigenvalue weighted by molar-refractivity contribution is -0.147. The molecule has 0 radical (unpaired) electrons. The van der Waals surface area contributed by atoms with Crippen LogP contribution in [0.4, 0.5) is 5.69 Å². The molecule has 0 aliphatic carbocycles. The number of carbonyl (C=O) groups is 3. The molecular weight excluding hydrogens is 338 g/mol. The molecule has 0 unspecified atom stereocenters. The maximum absolute atomic E-state index is 12.6. The lowest BCUT2D eigenvalue weighted by Gasteiger charge is -2.19. The van der Waals surface area contributed by atoms with Crippen molar-refractivity contribution in [2.45, 2.75) is 32.7 Å². The first kappa shape index (κ1) is 19.4. The number of aliphatic imine (C=N–C) groups is 1. The lowest BCUT2D eigenvalue weighted by Crippen LogP contribution is -2.42. The fourth-order valence-corrected chi connectivity index (χ4v) is 2.47. The van der Waals surface area contributed by atoms with E-state index in [-0.39, 0.29) is 50.4 Å². The number of nitrogens with zero attached hydrogens (tertiary/aromatic N) is 2. The minimum absolute atomic E-state index is 0.0829. The second-order valence-electron chi connectivity index (χ2n) is 5.53. The van der Waals surface area contributed by atoms with Crippen LogP contribution in [0.2, 0.25) is 0 Å². The van der Waals surface area contributed by atoms with Crippen molar-refractivity contribution in [3.63, 3.8) is 0 Å². The molecule has 26 heavy (non-hydrogen) atoms. The molecule has 0 spiro atoms. The van der Waals surface area contributed by atoms with Gasteiger partial charge in [-0.25, -0.2) is 4.99 Å². The predicted molar refractivity (Wildman–Crippen MR) is 95.5 cm³/mol. The van der Waals surface area contributed by atoms with Gasteiger partial charge in [0, 0.05) is 12.1 Å². The standard InChI is InChI=1S/C18H23N3O5/c1-3-25-15(22)11-10-14-17(24)21(12-16(23)26-4-2)18(20-14)19-13-8-6-5-7-9-13/h5-9,14H,3-4,10-12H2,1-2H3,(H,19,20)/t14-/m0/s1. The van der Waals surface area contributed by atoms with E-state index in [0.717, 1.165) is 5.69 Å². The van der Waals surface area contributed by atoms with Crippen LogP contribution in [0, 0.1) is 0 Å². The third kappa shape index (κ3) is 5.30. The molecule has 0 fully saturated rings. The molecule has 1 aliphatic heterocycles. The molecule has 0 saturated carbocycles. The van der Waals surface area contributed by atoms with E-state index in [1.807, 2.05) is 30.3 Å². The number of esters is 2. The summed E-state index contributed by atoms with van der Waals surface area (Å²) < 4.78 is 9.81. The van der Waals surface area contributed by atoms with Crippen LogP contribution in [0.3, 0.4) is 0 Å². The van der Waals surface area contributed by atoms with Gasteiger partial charge in [-0.1, -0.05) is 18.2 Å². The Bertz CT molecular complexity index is 675. The maximum atomic E-state index is 12.6. The highest BCUT2D eigenvalue weighted by atomic mass is 16.5. The topological polar surface area (TPSA) is 97.3 Å². The number of carbonyl (C=O) groups excluding carboxylic acids is 3. The number of para-hydroxylation sites is 1. The van der Waals surface area contributed by atoms with E-state index in [1.54, 1.807) is 13.8 Å². The van der Waals surface area contributed by atoms with E-state index in [1.165, 1.54) is 4.90 Å². The first-order chi connectivity index (χ1) is 12.5. The van der Waals surface area contributed by atoms with Gasteiger partial charge in [-0.2, -0.15) is 0 Å². The van der Waals surface area contributed by atoms with Crippen LogP contribution in [0.15, 0.2) is 35.3 Å². The number of hydrogen-bond donors (Lipinski definition) is 1. The number of nitrogens with one attached hydrogen (secondary N) is 1. The summed E-state index contributed by atoms with van der Waals surface area (Å²) in [7, 11) is 0. The van der Waals surface area contributed by atoms with Crippen molar-refractivity contribution in [2.75, 3.05) is 25.1 Å². The quantitative estimate of drug-likeness (QED) is 0.706. The Labute approximate surface area is 152 Å². The average Bonchev–Trinajstić information content (AvgIpc) is 2.90. The highest BCUT2D eigenvalue weighted by molar-refractivity contribution is 6.11. The molecule has 1 N–H and O–H groups in total. The molecule has 1 aromatic carbocycles. The zero-order valence-corrected chi connectivity index (χ0v) is 14.9. The third-order valence-electron chi connectivity index (χ3n) is 3.63. The summed E-state index contributed by atoms with van der Waals surface area (Å²) in [5, 5.41) is 3.04. The summed E-state index contributed by atoms with van der Waals surface area (Å²) in [6, 6.07) is 8.45. The van der Waals surface area contributed by atoms with Crippen LogP contribution in [0.5, 0.6) is 0 Å². The highest BCUT2D eigenvalue weighted by Gasteiger charge is 2.36. The Hall–Kier alpha value is -2.90. The number of hydrogen-bond acceptors (Lipinski definition) is 7. The normalized spacial score (nSPS) is 16.2. The van der Waals surface area contributed by atoms with Crippen molar-refractivity contribution in [1.29, 1.82) is 0 Å². The fourth-order valence-electron chi connectivity index (χ4n) is 2.47. The van der Waals surface area contributed by atoms with Crippen LogP contribution in [0.25, 0.3) is 0 Å². The van der Waals surface area contributed by atoms with E-state index >= 15 is 0 Å². The van der Waals surface area contributed by atoms with Gasteiger partial charge < -0.3 is 14.8 Å². The predicted octanol–water partition coefficient (Wildman–Crippen LogP) is 1.57. The van der Waals surface area contributed by atoms with Crippen molar-refractivity contribution >= 4 is 29.5 Å². The van der Waals surface area contributed by atoms with Crippen molar-refractivity contribution in [3.05, 3.63) is 30.3 Å². The third-order valence-corrected chi connectivity index (χ3v) is 3.63. The summed E-state index contributed by atoms with van der Waals surface area (Å²) in [6.07, 6.45) is 0.302. The Morgan fingerprint density at radius 2 is 1.77 bits per heavy atom. The van der Waals surface area contributed by atoms with Gasteiger partial charge in [-0.15, -0.1) is 0 Å². The van der Waals surface area contributed by atoms with E-state index in [9.17, 15) is 14.4 Å². The monoisotopic (exact) mass is 361 g/mol. The highest BCUT2D eigenvalue weighted by Crippen LogP contribution is 2.18. The number of guanidine groups is 1. The zero-order valence-electron chi connectivity index (χ0n) is 14.9. The second-order valence-corrected chi connectivity index (χ2v) is 5.53. The zero-order chi connectivity index (χ0) is 18.9. The minimum atomic E-state index is -0.736. The largest absolute Gasteiger partial charge is 0.466 e. The summed E-state index contributed by atoms with van der Waals surface area (Å²) in [5.41, 5.74) is 0.735. The van der Waals surface area contributed by atoms with Crippen LogP contribution in [-0.4, -0.2) is 54.5 Å². The molecule has 0 saturated heterocycles. The SMILES string of the molecule is CCOC(=O)CC[C@@H]1N=C(Nc2ccccc2)N(CC(=O)OCC)C1=O. The van der Waals surface area contributed by atoms with Crippen LogP contribution in [-0.2, 0) is 23.9 Å². The van der Waals surface area contributed by atoms with E-state index in [4.69, 9.17) is 9.47 Å². The van der Waals surface area contributed by atoms with Gasteiger partial charge in [0.1, 0.15) is 12.6 Å². The summed E-state index contributed by atoms with van der Waals surface area (Å²) >= 11 is 0. The number of amides is 1. The first-order valence-corrected chi connectivity index (χ1v) is 8.57. The van der Waals surface area contributed by atoms with E-state index in [2.05, 4.69) is 10.3 Å². The van der Waals surface area contributed by atoms with Crippen molar-refractivity contribution in [1.82, 2.24) is 4.90 Å². The van der Waals surface area contributed by atoms with Crippen LogP contribution < -0.4 is 5.32 Å². The molecule has 8 nitrogen and oxygen atoms in total. The molecule has 140 valence electrons. The molecule has 1 aliphatic rings. The Balaban J connectivity index is 2.10. The van der Waals surface area contributed by atoms with Crippen molar-refractivity contribution < 1.29 is 23.9 Å². The number of anilines is 1. The molecule has 8 heteroatoms. The van der Waals surface area contributed by atoms with Gasteiger partial charge in [0.15, 0.2) is 0 Å². The average molecular weight is 361 g/mol. The van der Waals surface area contributed by atoms with Crippen molar-refractivity contribution in [3.8, 4) is 0 Å². The van der Waals surface area contributed by atoms with E-state index < -0.39 is 12.0 Å². The van der Waals surface area contributed by atoms with Crippen LogP contribution >= 0.6 is 0 Å². The maximum Gasteiger partial charge on any atom is 0.326 e. The Morgan fingerprint density at radius 1 is 1.12 bits per heavy atom. The minimum Gasteiger partial charge on any atom is -0.466 e. The molecule has 1 aromatic rings. The Kier molecular flexibility index (Phi) is 7.13. The fraction of sp³-hybridized carbons (Fsp3) is 0.444.